The van der Waals surface area contributed by atoms with Crippen molar-refractivity contribution in [3.8, 4) is 16.8 Å². The van der Waals surface area contributed by atoms with E-state index in [-0.39, 0.29) is 0 Å². The van der Waals surface area contributed by atoms with E-state index in [1.165, 1.54) is 81.7 Å². The van der Waals surface area contributed by atoms with E-state index in [2.05, 4.69) is 216 Å². The first-order chi connectivity index (χ1) is 26.8. The van der Waals surface area contributed by atoms with Crippen LogP contribution in [0, 0.1) is 0 Å². The van der Waals surface area contributed by atoms with E-state index in [0.29, 0.717) is 0 Å². The van der Waals surface area contributed by atoms with Gasteiger partial charge in [-0.1, -0.05) is 164 Å². The van der Waals surface area contributed by atoms with Gasteiger partial charge in [0.1, 0.15) is 0 Å². The smallest absolute Gasteiger partial charge is 0.0619 e. The number of fused-ring (bicyclic) bond motifs is 10. The molecule has 0 unspecified atom stereocenters. The molecular weight excluding hydrogens is 653 g/mol. The van der Waals surface area contributed by atoms with Gasteiger partial charge in [-0.15, -0.1) is 0 Å². The minimum atomic E-state index is 1.11. The standard InChI is InChI=1S/C52H34N2/c1-2-16-39(17-3-1)53(50-34-38-27-26-35-14-4-6-19-42(35)51(38)46-23-9-8-21-44(46)50)40-31-28-37(29-32-40)41-18-10-12-24-48(41)54-49-25-13-11-22-45(49)47-33-30-36-15-5-7-20-43(36)52(47)54/h1-34H. The molecule has 252 valence electrons. The van der Waals surface area contributed by atoms with Crippen LogP contribution in [0.25, 0.3) is 81.7 Å². The zero-order chi connectivity index (χ0) is 35.6. The Morgan fingerprint density at radius 1 is 0.352 bits per heavy atom. The molecule has 0 aliphatic carbocycles. The lowest BCUT2D eigenvalue weighted by atomic mass is 9.94. The van der Waals surface area contributed by atoms with Crippen LogP contribution in [0.1, 0.15) is 0 Å². The van der Waals surface area contributed by atoms with E-state index in [0.717, 1.165) is 17.1 Å². The average Bonchev–Trinajstić information content (AvgIpc) is 3.59. The largest absolute Gasteiger partial charge is 0.310 e. The van der Waals surface area contributed by atoms with Gasteiger partial charge in [-0.3, -0.25) is 0 Å². The van der Waals surface area contributed by atoms with E-state index in [9.17, 15) is 0 Å². The molecule has 0 aliphatic heterocycles. The Kier molecular flexibility index (Phi) is 6.90. The van der Waals surface area contributed by atoms with Gasteiger partial charge in [-0.25, -0.2) is 0 Å². The van der Waals surface area contributed by atoms with Crippen LogP contribution in [-0.4, -0.2) is 4.57 Å². The van der Waals surface area contributed by atoms with Crippen LogP contribution in [0.4, 0.5) is 17.1 Å². The van der Waals surface area contributed by atoms with E-state index in [1.54, 1.807) is 0 Å². The molecule has 1 aromatic heterocycles. The van der Waals surface area contributed by atoms with Crippen LogP contribution in [0.2, 0.25) is 0 Å². The third-order valence-corrected chi connectivity index (χ3v) is 11.1. The molecule has 11 aromatic rings. The quantitative estimate of drug-likeness (QED) is 0.164. The molecule has 0 N–H and O–H groups in total. The van der Waals surface area contributed by atoms with Gasteiger partial charge in [0.15, 0.2) is 0 Å². The molecule has 11 rings (SSSR count). The highest BCUT2D eigenvalue weighted by molar-refractivity contribution is 6.24. The zero-order valence-corrected chi connectivity index (χ0v) is 29.5. The number of rotatable bonds is 5. The van der Waals surface area contributed by atoms with Gasteiger partial charge in [0.05, 0.1) is 22.4 Å². The monoisotopic (exact) mass is 686 g/mol. The Labute approximate surface area is 313 Å². The van der Waals surface area contributed by atoms with Crippen LogP contribution >= 0.6 is 0 Å². The third-order valence-electron chi connectivity index (χ3n) is 11.1. The molecular formula is C52H34N2. The minimum absolute atomic E-state index is 1.11. The van der Waals surface area contributed by atoms with Crippen molar-refractivity contribution < 1.29 is 0 Å². The van der Waals surface area contributed by atoms with Crippen LogP contribution < -0.4 is 4.90 Å². The summed E-state index contributed by atoms with van der Waals surface area (Å²) in [5.74, 6) is 0. The van der Waals surface area contributed by atoms with E-state index in [1.807, 2.05) is 0 Å². The molecule has 0 fully saturated rings. The Morgan fingerprint density at radius 2 is 0.926 bits per heavy atom. The highest BCUT2D eigenvalue weighted by Crippen LogP contribution is 2.45. The Morgan fingerprint density at radius 3 is 1.74 bits per heavy atom. The second-order valence-corrected chi connectivity index (χ2v) is 14.1. The predicted octanol–water partition coefficient (Wildman–Crippen LogP) is 14.5. The van der Waals surface area contributed by atoms with Crippen molar-refractivity contribution in [2.45, 2.75) is 0 Å². The maximum absolute atomic E-state index is 2.47. The lowest BCUT2D eigenvalue weighted by molar-refractivity contribution is 1.19. The topological polar surface area (TPSA) is 8.17 Å². The van der Waals surface area contributed by atoms with Gasteiger partial charge in [0.2, 0.25) is 0 Å². The summed E-state index contributed by atoms with van der Waals surface area (Å²) in [6, 6.07) is 75.2. The first-order valence-corrected chi connectivity index (χ1v) is 18.6. The first-order valence-electron chi connectivity index (χ1n) is 18.6. The number of aromatic nitrogens is 1. The lowest BCUT2D eigenvalue weighted by Gasteiger charge is -2.28. The van der Waals surface area contributed by atoms with Gasteiger partial charge in [0, 0.05) is 38.5 Å². The maximum atomic E-state index is 2.47. The number of anilines is 3. The number of benzene rings is 10. The summed E-state index contributed by atoms with van der Waals surface area (Å²) in [6.45, 7) is 0. The molecule has 1 heterocycles. The summed E-state index contributed by atoms with van der Waals surface area (Å²) >= 11 is 0. The van der Waals surface area contributed by atoms with Crippen molar-refractivity contribution in [2.24, 2.45) is 0 Å². The summed E-state index contributed by atoms with van der Waals surface area (Å²) in [6.07, 6.45) is 0. The third kappa shape index (κ3) is 4.67. The van der Waals surface area contributed by atoms with Gasteiger partial charge in [-0.2, -0.15) is 0 Å². The number of para-hydroxylation sites is 3. The Balaban J connectivity index is 1.11. The minimum Gasteiger partial charge on any atom is -0.310 e. The number of hydrogen-bond donors (Lipinski definition) is 0. The van der Waals surface area contributed by atoms with Crippen LogP contribution in [0.15, 0.2) is 206 Å². The fourth-order valence-electron chi connectivity index (χ4n) is 8.73. The zero-order valence-electron chi connectivity index (χ0n) is 29.5. The highest BCUT2D eigenvalue weighted by Gasteiger charge is 2.20. The van der Waals surface area contributed by atoms with E-state index >= 15 is 0 Å². The second-order valence-electron chi connectivity index (χ2n) is 14.1. The molecule has 10 aromatic carbocycles. The molecule has 0 radical (unpaired) electrons. The highest BCUT2D eigenvalue weighted by atomic mass is 15.1. The summed E-state index contributed by atoms with van der Waals surface area (Å²) in [5, 5.41) is 12.6. The van der Waals surface area contributed by atoms with Crippen LogP contribution in [0.3, 0.4) is 0 Å². The van der Waals surface area contributed by atoms with E-state index in [4.69, 9.17) is 0 Å². The molecule has 0 bridgehead atoms. The molecule has 0 spiro atoms. The van der Waals surface area contributed by atoms with Crippen molar-refractivity contribution in [2.75, 3.05) is 4.90 Å². The number of nitrogens with zero attached hydrogens (tertiary/aromatic N) is 2. The van der Waals surface area contributed by atoms with Gasteiger partial charge < -0.3 is 9.47 Å². The SMILES string of the molecule is c1ccc(N(c2ccc(-c3ccccc3-n3c4ccccc4c4ccc5ccccc5c43)cc2)c2cc3ccc4ccccc4c3c3ccccc23)cc1. The van der Waals surface area contributed by atoms with Crippen LogP contribution in [0.5, 0.6) is 0 Å². The summed E-state index contributed by atoms with van der Waals surface area (Å²) in [4.78, 5) is 2.41. The Bertz CT molecular complexity index is 3210. The van der Waals surface area contributed by atoms with Crippen molar-refractivity contribution in [1.82, 2.24) is 4.57 Å². The summed E-state index contributed by atoms with van der Waals surface area (Å²) < 4.78 is 2.47. The van der Waals surface area contributed by atoms with Crippen LogP contribution in [-0.2, 0) is 0 Å². The normalized spacial score (nSPS) is 11.7. The van der Waals surface area contributed by atoms with Crippen molar-refractivity contribution in [3.63, 3.8) is 0 Å². The lowest BCUT2D eigenvalue weighted by Crippen LogP contribution is -2.10. The second kappa shape index (κ2) is 12.2. The molecule has 2 nitrogen and oxygen atoms in total. The summed E-state index contributed by atoms with van der Waals surface area (Å²) in [5.41, 5.74) is 9.36. The fourth-order valence-corrected chi connectivity index (χ4v) is 8.73. The first kappa shape index (κ1) is 30.5. The molecule has 0 saturated heterocycles. The van der Waals surface area contributed by atoms with Gasteiger partial charge >= 0.3 is 0 Å². The molecule has 0 aliphatic rings. The molecule has 0 atom stereocenters. The maximum Gasteiger partial charge on any atom is 0.0619 e. The molecule has 0 amide bonds. The predicted molar refractivity (Wildman–Crippen MR) is 231 cm³/mol. The number of hydrogen-bond acceptors (Lipinski definition) is 1. The van der Waals surface area contributed by atoms with Crippen molar-refractivity contribution >= 4 is 82.0 Å². The van der Waals surface area contributed by atoms with Gasteiger partial charge in [-0.05, 0) is 80.3 Å². The average molecular weight is 687 g/mol. The van der Waals surface area contributed by atoms with E-state index < -0.39 is 0 Å². The molecule has 2 heteroatoms. The molecule has 54 heavy (non-hydrogen) atoms. The van der Waals surface area contributed by atoms with Crippen molar-refractivity contribution in [3.05, 3.63) is 206 Å². The van der Waals surface area contributed by atoms with Gasteiger partial charge in [0.25, 0.3) is 0 Å². The Hall–Kier alpha value is -7.16. The fraction of sp³-hybridized carbons (Fsp3) is 0. The summed E-state index contributed by atoms with van der Waals surface area (Å²) in [7, 11) is 0. The molecule has 0 saturated carbocycles. The van der Waals surface area contributed by atoms with Crippen molar-refractivity contribution in [1.29, 1.82) is 0 Å².